The average molecular weight is 320 g/mol. The van der Waals surface area contributed by atoms with E-state index in [9.17, 15) is 4.39 Å². The predicted molar refractivity (Wildman–Crippen MR) is 94.3 cm³/mol. The largest absolute Gasteiger partial charge is 0.356 e. The highest BCUT2D eigenvalue weighted by Crippen LogP contribution is 2.15. The van der Waals surface area contributed by atoms with E-state index in [1.54, 1.807) is 13.1 Å². The number of aliphatic imine (C=N–C) groups is 1. The van der Waals surface area contributed by atoms with Crippen LogP contribution in [0.4, 0.5) is 4.39 Å². The number of rotatable bonds is 7. The Labute approximate surface area is 139 Å². The van der Waals surface area contributed by atoms with E-state index in [1.807, 2.05) is 12.1 Å². The Balaban J connectivity index is 1.67. The fourth-order valence-corrected chi connectivity index (χ4v) is 3.08. The maximum atomic E-state index is 13.6. The molecule has 23 heavy (non-hydrogen) atoms. The van der Waals surface area contributed by atoms with Crippen molar-refractivity contribution in [1.29, 1.82) is 0 Å². The molecule has 0 radical (unpaired) electrons. The van der Waals surface area contributed by atoms with Crippen molar-refractivity contribution in [3.8, 4) is 0 Å². The van der Waals surface area contributed by atoms with Crippen LogP contribution in [0, 0.1) is 11.7 Å². The summed E-state index contributed by atoms with van der Waals surface area (Å²) in [5.74, 6) is 1.35. The zero-order valence-electron chi connectivity index (χ0n) is 14.3. The van der Waals surface area contributed by atoms with Crippen LogP contribution in [0.3, 0.4) is 0 Å². The van der Waals surface area contributed by atoms with Crippen molar-refractivity contribution >= 4 is 5.96 Å². The molecule has 1 atom stereocenters. The molecule has 4 nitrogen and oxygen atoms in total. The van der Waals surface area contributed by atoms with Gasteiger partial charge in [0, 0.05) is 26.7 Å². The van der Waals surface area contributed by atoms with Gasteiger partial charge in [-0.2, -0.15) is 0 Å². The molecule has 1 aromatic carbocycles. The molecule has 1 heterocycles. The summed E-state index contributed by atoms with van der Waals surface area (Å²) in [4.78, 5) is 6.77. The van der Waals surface area contributed by atoms with E-state index >= 15 is 0 Å². The minimum atomic E-state index is -0.140. The van der Waals surface area contributed by atoms with E-state index < -0.39 is 0 Å². The standard InChI is InChI=1S/C18H29FN4/c1-3-11-23-12-9-15(14-23)13-22-18(20-2)21-10-8-16-6-4-5-7-17(16)19/h4-7,15H,3,8-14H2,1-2H3,(H2,20,21,22). The summed E-state index contributed by atoms with van der Waals surface area (Å²) in [6, 6.07) is 6.92. The van der Waals surface area contributed by atoms with Crippen LogP contribution in [0.25, 0.3) is 0 Å². The van der Waals surface area contributed by atoms with Crippen LogP contribution in [0.5, 0.6) is 0 Å². The molecular formula is C18H29FN4. The molecule has 0 aliphatic carbocycles. The van der Waals surface area contributed by atoms with Crippen LogP contribution < -0.4 is 10.6 Å². The van der Waals surface area contributed by atoms with Crippen LogP contribution >= 0.6 is 0 Å². The van der Waals surface area contributed by atoms with E-state index in [0.717, 1.165) is 18.1 Å². The van der Waals surface area contributed by atoms with Crippen molar-refractivity contribution in [2.24, 2.45) is 10.9 Å². The van der Waals surface area contributed by atoms with Gasteiger partial charge in [-0.3, -0.25) is 4.99 Å². The van der Waals surface area contributed by atoms with Gasteiger partial charge >= 0.3 is 0 Å². The Morgan fingerprint density at radius 2 is 2.17 bits per heavy atom. The second kappa shape index (κ2) is 9.50. The monoisotopic (exact) mass is 320 g/mol. The quantitative estimate of drug-likeness (QED) is 0.598. The van der Waals surface area contributed by atoms with Gasteiger partial charge in [-0.15, -0.1) is 0 Å². The summed E-state index contributed by atoms with van der Waals surface area (Å²) in [5, 5.41) is 6.66. The Bertz CT molecular complexity index is 504. The highest BCUT2D eigenvalue weighted by Gasteiger charge is 2.21. The van der Waals surface area contributed by atoms with Gasteiger partial charge in [-0.05, 0) is 49.9 Å². The van der Waals surface area contributed by atoms with Crippen molar-refractivity contribution in [2.75, 3.05) is 39.8 Å². The number of guanidine groups is 1. The maximum absolute atomic E-state index is 13.6. The van der Waals surface area contributed by atoms with Gasteiger partial charge in [0.25, 0.3) is 0 Å². The topological polar surface area (TPSA) is 39.7 Å². The molecule has 1 fully saturated rings. The number of likely N-dealkylation sites (tertiary alicyclic amines) is 1. The van der Waals surface area contributed by atoms with Crippen LogP contribution in [-0.2, 0) is 6.42 Å². The lowest BCUT2D eigenvalue weighted by molar-refractivity contribution is 0.324. The second-order valence-corrected chi connectivity index (χ2v) is 6.18. The number of nitrogens with zero attached hydrogens (tertiary/aromatic N) is 2. The fraction of sp³-hybridized carbons (Fsp3) is 0.611. The molecule has 0 saturated carbocycles. The van der Waals surface area contributed by atoms with Gasteiger partial charge in [0.15, 0.2) is 5.96 Å². The first-order valence-corrected chi connectivity index (χ1v) is 8.63. The van der Waals surface area contributed by atoms with Crippen molar-refractivity contribution in [3.63, 3.8) is 0 Å². The lowest BCUT2D eigenvalue weighted by Gasteiger charge is -2.17. The van der Waals surface area contributed by atoms with Gasteiger partial charge < -0.3 is 15.5 Å². The summed E-state index contributed by atoms with van der Waals surface area (Å²) in [7, 11) is 1.77. The van der Waals surface area contributed by atoms with E-state index in [-0.39, 0.29) is 5.82 Å². The van der Waals surface area contributed by atoms with E-state index in [4.69, 9.17) is 0 Å². The maximum Gasteiger partial charge on any atom is 0.190 e. The lowest BCUT2D eigenvalue weighted by Crippen LogP contribution is -2.41. The van der Waals surface area contributed by atoms with Crippen molar-refractivity contribution in [2.45, 2.75) is 26.2 Å². The van der Waals surface area contributed by atoms with Crippen LogP contribution in [0.15, 0.2) is 29.3 Å². The molecule has 2 N–H and O–H groups in total. The molecule has 1 aliphatic rings. The molecule has 2 rings (SSSR count). The summed E-state index contributed by atoms with van der Waals surface area (Å²) in [5.41, 5.74) is 0.737. The van der Waals surface area contributed by atoms with E-state index in [0.29, 0.717) is 18.9 Å². The molecule has 5 heteroatoms. The van der Waals surface area contributed by atoms with Crippen LogP contribution in [-0.4, -0.2) is 50.6 Å². The summed E-state index contributed by atoms with van der Waals surface area (Å²) < 4.78 is 13.6. The third kappa shape index (κ3) is 5.82. The van der Waals surface area contributed by atoms with Crippen molar-refractivity contribution in [3.05, 3.63) is 35.6 Å². The zero-order valence-corrected chi connectivity index (χ0v) is 14.3. The van der Waals surface area contributed by atoms with Crippen molar-refractivity contribution in [1.82, 2.24) is 15.5 Å². The Hall–Kier alpha value is -1.62. The van der Waals surface area contributed by atoms with Gasteiger partial charge in [-0.1, -0.05) is 25.1 Å². The zero-order chi connectivity index (χ0) is 16.5. The minimum absolute atomic E-state index is 0.140. The predicted octanol–water partition coefficient (Wildman–Crippen LogP) is 2.27. The van der Waals surface area contributed by atoms with Crippen LogP contribution in [0.2, 0.25) is 0 Å². The summed E-state index contributed by atoms with van der Waals surface area (Å²) in [6.07, 6.45) is 3.12. The molecule has 0 aromatic heterocycles. The van der Waals surface area contributed by atoms with E-state index in [1.165, 1.54) is 38.5 Å². The number of hydrogen-bond donors (Lipinski definition) is 2. The second-order valence-electron chi connectivity index (χ2n) is 6.18. The molecule has 1 aromatic rings. The van der Waals surface area contributed by atoms with Gasteiger partial charge in [0.1, 0.15) is 5.82 Å². The number of benzene rings is 1. The highest BCUT2D eigenvalue weighted by atomic mass is 19.1. The lowest BCUT2D eigenvalue weighted by atomic mass is 10.1. The Morgan fingerprint density at radius 3 is 2.91 bits per heavy atom. The highest BCUT2D eigenvalue weighted by molar-refractivity contribution is 5.79. The first-order valence-electron chi connectivity index (χ1n) is 8.63. The molecule has 1 aliphatic heterocycles. The van der Waals surface area contributed by atoms with Crippen molar-refractivity contribution < 1.29 is 4.39 Å². The number of nitrogens with one attached hydrogen (secondary N) is 2. The fourth-order valence-electron chi connectivity index (χ4n) is 3.08. The summed E-state index contributed by atoms with van der Waals surface area (Å²) >= 11 is 0. The molecule has 128 valence electrons. The first kappa shape index (κ1) is 17.7. The Morgan fingerprint density at radius 1 is 1.35 bits per heavy atom. The molecule has 0 amide bonds. The molecule has 1 unspecified atom stereocenters. The molecular weight excluding hydrogens is 291 g/mol. The number of hydrogen-bond acceptors (Lipinski definition) is 2. The van der Waals surface area contributed by atoms with Gasteiger partial charge in [0.2, 0.25) is 0 Å². The SMILES string of the molecule is CCCN1CCC(CNC(=NC)NCCc2ccccc2F)C1. The molecule has 1 saturated heterocycles. The normalized spacial score (nSPS) is 19.1. The summed E-state index contributed by atoms with van der Waals surface area (Å²) in [6.45, 7) is 7.43. The Kier molecular flexibility index (Phi) is 7.33. The first-order chi connectivity index (χ1) is 11.2. The minimum Gasteiger partial charge on any atom is -0.356 e. The van der Waals surface area contributed by atoms with Crippen LogP contribution in [0.1, 0.15) is 25.3 Å². The third-order valence-corrected chi connectivity index (χ3v) is 4.34. The molecule has 0 bridgehead atoms. The third-order valence-electron chi connectivity index (χ3n) is 4.34. The molecule has 0 spiro atoms. The van der Waals surface area contributed by atoms with Gasteiger partial charge in [-0.25, -0.2) is 4.39 Å². The average Bonchev–Trinajstić information content (AvgIpc) is 3.00. The number of halogens is 1. The van der Waals surface area contributed by atoms with Gasteiger partial charge in [0.05, 0.1) is 0 Å². The smallest absolute Gasteiger partial charge is 0.190 e. The van der Waals surface area contributed by atoms with E-state index in [2.05, 4.69) is 27.4 Å².